The van der Waals surface area contributed by atoms with E-state index >= 15 is 0 Å². The molecule has 1 unspecified atom stereocenters. The van der Waals surface area contributed by atoms with E-state index in [0.29, 0.717) is 33.5 Å². The van der Waals surface area contributed by atoms with Crippen LogP contribution in [0.2, 0.25) is 0 Å². The van der Waals surface area contributed by atoms with Gasteiger partial charge in [0.2, 0.25) is 20.0 Å². The number of fused-ring (bicyclic) bond motifs is 2. The monoisotopic (exact) mass is 1140 g/mol. The Morgan fingerprint density at radius 1 is 0.718 bits per heavy atom. The average molecular weight is 1140 g/mol. The lowest BCUT2D eigenvalue weighted by atomic mass is 10.1. The van der Waals surface area contributed by atoms with Gasteiger partial charge in [0.1, 0.15) is 49.3 Å². The molecule has 5 N–H and O–H groups in total. The third kappa shape index (κ3) is 15.0. The van der Waals surface area contributed by atoms with Gasteiger partial charge >= 0.3 is 0 Å². The van der Waals surface area contributed by atoms with Crippen molar-refractivity contribution in [2.45, 2.75) is 103 Å². The number of nitrogens with one attached hydrogen (secondary N) is 4. The van der Waals surface area contributed by atoms with E-state index in [1.807, 2.05) is 39.8 Å². The minimum absolute atomic E-state index is 0. The molecule has 422 valence electrons. The van der Waals surface area contributed by atoms with Crippen molar-refractivity contribution in [2.24, 2.45) is 0 Å². The third-order valence-electron chi connectivity index (χ3n) is 11.9. The number of aliphatic hydroxyl groups excluding tert-OH is 1. The van der Waals surface area contributed by atoms with Crippen LogP contribution in [0.15, 0.2) is 86.0 Å². The molecule has 78 heavy (non-hydrogen) atoms. The van der Waals surface area contributed by atoms with Crippen molar-refractivity contribution in [1.29, 1.82) is 5.26 Å². The van der Waals surface area contributed by atoms with Crippen molar-refractivity contribution >= 4 is 74.4 Å². The molecular formula is C48H65N14O13PS2. The molecular weight excluding hydrogens is 1080 g/mol. The maximum atomic E-state index is 12.9. The lowest BCUT2D eigenvalue weighted by Gasteiger charge is -2.38. The minimum atomic E-state index is -3.57. The number of carbonyl (C=O) groups is 2. The fourth-order valence-corrected chi connectivity index (χ4v) is 11.2. The number of nitrogens with zero attached hydrogens (tertiary/aromatic N) is 10. The van der Waals surface area contributed by atoms with Crippen LogP contribution in [0.5, 0.6) is 0 Å². The molecule has 6 aromatic rings. The maximum Gasteiger partial charge on any atom is 0.259 e. The molecule has 30 heteroatoms. The van der Waals surface area contributed by atoms with Crippen molar-refractivity contribution in [1.82, 2.24) is 53.2 Å². The average Bonchev–Trinajstić information content (AvgIpc) is 4.35. The Kier molecular flexibility index (Phi) is 21.3. The Balaban J connectivity index is 0.000000263. The van der Waals surface area contributed by atoms with Gasteiger partial charge in [-0.05, 0) is 52.0 Å². The van der Waals surface area contributed by atoms with E-state index in [-0.39, 0.29) is 69.1 Å². The summed E-state index contributed by atoms with van der Waals surface area (Å²) >= 11 is 0. The maximum absolute atomic E-state index is 12.9. The number of methoxy groups -OCH3 is 2. The fourth-order valence-electron chi connectivity index (χ4n) is 8.50. The molecule has 27 nitrogen and oxygen atoms in total. The first-order valence-electron chi connectivity index (χ1n) is 24.0. The molecule has 9 atom stereocenters. The predicted octanol–water partition coefficient (Wildman–Crippen LogP) is 3.74. The number of imidazole rings is 2. The van der Waals surface area contributed by atoms with E-state index < -0.39 is 77.7 Å². The first-order valence-corrected chi connectivity index (χ1v) is 28.9. The topological polar surface area (TPSA) is 340 Å². The number of hydrogen-bond acceptors (Lipinski definition) is 21. The van der Waals surface area contributed by atoms with Gasteiger partial charge in [0.15, 0.2) is 46.4 Å². The minimum Gasteiger partial charge on any atom is -0.387 e. The molecule has 4 aromatic heterocycles. The van der Waals surface area contributed by atoms with Crippen LogP contribution in [0.25, 0.3) is 22.3 Å². The summed E-state index contributed by atoms with van der Waals surface area (Å²) in [6.45, 7) is 7.98. The van der Waals surface area contributed by atoms with Crippen LogP contribution in [0.3, 0.4) is 0 Å². The number of amides is 2. The Hall–Kier alpha value is -6.10. The van der Waals surface area contributed by atoms with Gasteiger partial charge in [-0.2, -0.15) is 5.26 Å². The summed E-state index contributed by atoms with van der Waals surface area (Å²) in [5, 5.41) is 25.2. The van der Waals surface area contributed by atoms with Crippen molar-refractivity contribution in [3.63, 3.8) is 0 Å². The molecule has 2 amide bonds. The van der Waals surface area contributed by atoms with E-state index in [9.17, 15) is 31.5 Å². The van der Waals surface area contributed by atoms with Crippen molar-refractivity contribution < 1.29 is 59.5 Å². The number of hydrogen-bond donors (Lipinski definition) is 5. The van der Waals surface area contributed by atoms with Crippen molar-refractivity contribution in [3.8, 4) is 6.07 Å². The molecule has 0 radical (unpaired) electrons. The number of rotatable bonds is 22. The Morgan fingerprint density at radius 2 is 1.17 bits per heavy atom. The zero-order chi connectivity index (χ0) is 55.6. The van der Waals surface area contributed by atoms with Gasteiger partial charge in [-0.3, -0.25) is 18.7 Å². The van der Waals surface area contributed by atoms with Crippen molar-refractivity contribution in [3.05, 3.63) is 97.1 Å². The number of nitriles is 1. The normalized spacial score (nSPS) is 21.8. The van der Waals surface area contributed by atoms with Crippen molar-refractivity contribution in [2.75, 3.05) is 57.1 Å². The number of carbonyl (C=O) groups excluding carboxylic acids is 2. The first-order chi connectivity index (χ1) is 36.7. The second-order valence-electron chi connectivity index (χ2n) is 18.1. The molecule has 0 aliphatic carbocycles. The number of benzene rings is 2. The highest BCUT2D eigenvalue weighted by atomic mass is 32.2. The lowest BCUT2D eigenvalue weighted by Crippen LogP contribution is -2.43. The number of ether oxygens (including phenoxy) is 4. The summed E-state index contributed by atoms with van der Waals surface area (Å²) in [5.41, 5.74) is 2.26. The van der Waals surface area contributed by atoms with Crippen LogP contribution >= 0.6 is 8.53 Å². The second-order valence-corrected chi connectivity index (χ2v) is 23.2. The van der Waals surface area contributed by atoms with E-state index in [1.165, 1.54) is 39.5 Å². The summed E-state index contributed by atoms with van der Waals surface area (Å²) in [6.07, 6.45) is 0.938. The van der Waals surface area contributed by atoms with Crippen LogP contribution in [-0.4, -0.2) is 173 Å². The predicted molar refractivity (Wildman–Crippen MR) is 287 cm³/mol. The molecule has 2 aliphatic rings. The summed E-state index contributed by atoms with van der Waals surface area (Å²) in [7, 11) is -5.85. The van der Waals surface area contributed by atoms with Gasteiger partial charge in [0, 0.05) is 50.5 Å². The summed E-state index contributed by atoms with van der Waals surface area (Å²) in [4.78, 5) is 51.2. The van der Waals surface area contributed by atoms with Gasteiger partial charge in [-0.1, -0.05) is 43.8 Å². The number of anilines is 2. The molecule has 0 saturated carbocycles. The third-order valence-corrected chi connectivity index (χ3v) is 15.4. The van der Waals surface area contributed by atoms with Gasteiger partial charge in [-0.25, -0.2) is 60.9 Å². The highest BCUT2D eigenvalue weighted by Gasteiger charge is 2.50. The zero-order valence-electron chi connectivity index (χ0n) is 43.3. The first kappa shape index (κ1) is 61.1. The van der Waals surface area contributed by atoms with Crippen LogP contribution in [-0.2, 0) is 48.0 Å². The molecule has 2 fully saturated rings. The van der Waals surface area contributed by atoms with Gasteiger partial charge in [0.05, 0.1) is 44.3 Å². The summed E-state index contributed by atoms with van der Waals surface area (Å²) in [5.74, 6) is -0.289. The molecule has 0 spiro atoms. The molecule has 6 heterocycles. The highest BCUT2D eigenvalue weighted by molar-refractivity contribution is 7.89. The second kappa shape index (κ2) is 27.2. The number of aliphatic hydroxyl groups is 1. The fraction of sp³-hybridized carbons (Fsp3) is 0.479. The van der Waals surface area contributed by atoms with Crippen LogP contribution < -0.4 is 20.1 Å². The summed E-state index contributed by atoms with van der Waals surface area (Å²) in [6, 6.07) is 19.5. The molecule has 0 bridgehead atoms. The van der Waals surface area contributed by atoms with E-state index in [1.54, 1.807) is 57.7 Å². The SMILES string of the molecule is C.CO[C@@H]1[C@H](O)[C@@H](CNS(C)(=O)=O)O[C@H]1n1cnc2c(NC(=O)c3ccccc3)ncnc21.CO[C@@H]1[C@H](OP(OCCC#N)N(C(C)C)C(C)C)[C@@H](CNS(C)(=O)=O)O[C@H]1n1cnc2c(NC(=O)c3ccccc3)ncnc21. The molecule has 8 rings (SSSR count). The Labute approximate surface area is 453 Å². The standard InChI is InChI=1S/C28H39N8O7PS.C19H22N6O6S.CH4/c1-18(2)36(19(3)4)44(41-14-10-13-29)43-23-21(15-33-45(6,38)39)42-28(24(23)40-5)35-17-32-22-25(30-16-31-26(22)35)34-27(37)20-11-8-7-9-12-20;1-30-15-14(26)12(8-23-32(2,28)29)31-19(15)25-10-22-13-16(20-9-21-17(13)25)24-18(27)11-6-4-3-5-7-11;/h7-9,11-12,16-19,21,23-24,28,33H,10,14-15H2,1-6H3,(H,30,31,34,37);3-7,9-10,12,14-15,19,23,26H,8H2,1-2H3,(H,20,21,24,27);1H4/t21-,23-,24-,28-,44?;12-,14-,15-,19-;/m11./s1. The van der Waals surface area contributed by atoms with E-state index in [0.717, 1.165) is 12.5 Å². The van der Waals surface area contributed by atoms with Crippen LogP contribution in [0, 0.1) is 11.3 Å². The van der Waals surface area contributed by atoms with E-state index in [2.05, 4.69) is 60.7 Å². The van der Waals surface area contributed by atoms with Crippen LogP contribution in [0.1, 0.15) is 74.7 Å². The van der Waals surface area contributed by atoms with Crippen LogP contribution in [0.4, 0.5) is 11.6 Å². The number of aromatic nitrogens is 8. The van der Waals surface area contributed by atoms with Gasteiger partial charge < -0.3 is 43.7 Å². The quantitative estimate of drug-likeness (QED) is 0.0477. The summed E-state index contributed by atoms with van der Waals surface area (Å²) < 4.78 is 93.5. The molecule has 2 aromatic carbocycles. The highest BCUT2D eigenvalue weighted by Crippen LogP contribution is 2.50. The van der Waals surface area contributed by atoms with E-state index in [4.69, 9.17) is 33.3 Å². The largest absolute Gasteiger partial charge is 0.387 e. The van der Waals surface area contributed by atoms with Gasteiger partial charge in [0.25, 0.3) is 20.3 Å². The Bertz CT molecular complexity index is 3220. The molecule has 2 aliphatic heterocycles. The smallest absolute Gasteiger partial charge is 0.259 e. The van der Waals surface area contributed by atoms with Gasteiger partial charge in [-0.15, -0.1) is 0 Å². The Morgan fingerprint density at radius 3 is 1.60 bits per heavy atom. The molecule has 2 saturated heterocycles. The lowest BCUT2D eigenvalue weighted by molar-refractivity contribution is -0.0485. The zero-order valence-corrected chi connectivity index (χ0v) is 45.8. The number of sulfonamides is 2.